The Kier molecular flexibility index (Phi) is 7.80. The Morgan fingerprint density at radius 3 is 2.20 bits per heavy atom. The van der Waals surface area contributed by atoms with Gasteiger partial charge in [-0.15, -0.1) is 0 Å². The molecule has 2 rings (SSSR count). The maximum absolute atomic E-state index is 12.7. The maximum Gasteiger partial charge on any atom is 0.241 e. The van der Waals surface area contributed by atoms with E-state index in [1.165, 1.54) is 27.4 Å². The van der Waals surface area contributed by atoms with Crippen molar-refractivity contribution in [2.24, 2.45) is 0 Å². The molecular weight excluding hydrogens is 432 g/mol. The highest BCUT2D eigenvalue weighted by atomic mass is 35.5. The van der Waals surface area contributed by atoms with Crippen molar-refractivity contribution in [2.75, 3.05) is 38.4 Å². The van der Waals surface area contributed by atoms with Gasteiger partial charge in [0.25, 0.3) is 0 Å². The van der Waals surface area contributed by atoms with Crippen LogP contribution in [-0.2, 0) is 14.8 Å². The minimum Gasteiger partial charge on any atom is -0.495 e. The number of rotatable bonds is 9. The fourth-order valence-electron chi connectivity index (χ4n) is 2.86. The Balaban J connectivity index is 2.24. The van der Waals surface area contributed by atoms with Gasteiger partial charge in [-0.1, -0.05) is 17.7 Å². The summed E-state index contributed by atoms with van der Waals surface area (Å²) in [6, 6.07) is 9.42. The summed E-state index contributed by atoms with van der Waals surface area (Å²) in [5, 5.41) is 3.11. The Hall–Kier alpha value is -2.65. The molecule has 0 saturated carbocycles. The molecule has 0 bridgehead atoms. The van der Waals surface area contributed by atoms with E-state index in [2.05, 4.69) is 5.32 Å². The molecule has 30 heavy (non-hydrogen) atoms. The third-order valence-corrected chi connectivity index (χ3v) is 5.74. The molecule has 0 aliphatic rings. The minimum atomic E-state index is -3.79. The number of nitrogens with zero attached hydrogens (tertiary/aromatic N) is 1. The monoisotopic (exact) mass is 456 g/mol. The van der Waals surface area contributed by atoms with Gasteiger partial charge in [0.15, 0.2) is 11.5 Å². The second kappa shape index (κ2) is 9.90. The summed E-state index contributed by atoms with van der Waals surface area (Å²) in [5.41, 5.74) is 0.952. The van der Waals surface area contributed by atoms with E-state index in [0.29, 0.717) is 16.5 Å². The second-order valence-electron chi connectivity index (χ2n) is 6.49. The molecule has 10 heteroatoms. The van der Waals surface area contributed by atoms with Crippen molar-refractivity contribution in [3.8, 4) is 17.2 Å². The van der Waals surface area contributed by atoms with Crippen LogP contribution in [0.15, 0.2) is 36.4 Å². The van der Waals surface area contributed by atoms with Crippen molar-refractivity contribution in [2.45, 2.75) is 13.0 Å². The van der Waals surface area contributed by atoms with Crippen LogP contribution in [0.4, 0.5) is 5.69 Å². The Labute approximate surface area is 181 Å². The molecule has 0 aliphatic heterocycles. The molecule has 0 spiro atoms. The number of carbonyl (C=O) groups excluding carboxylic acids is 1. The van der Waals surface area contributed by atoms with Crippen molar-refractivity contribution in [3.63, 3.8) is 0 Å². The SMILES string of the molecule is COc1ccc([C@@H](C)NC(=O)CN(c2cc(Cl)ccc2OC)S(C)(=O)=O)cc1OC. The van der Waals surface area contributed by atoms with Crippen LogP contribution < -0.4 is 23.8 Å². The van der Waals surface area contributed by atoms with Crippen LogP contribution in [0.2, 0.25) is 5.02 Å². The van der Waals surface area contributed by atoms with Crippen LogP contribution in [-0.4, -0.2) is 48.5 Å². The number of sulfonamides is 1. The first-order valence-corrected chi connectivity index (χ1v) is 11.2. The topological polar surface area (TPSA) is 94.2 Å². The molecule has 0 heterocycles. The van der Waals surface area contributed by atoms with Crippen molar-refractivity contribution in [3.05, 3.63) is 47.0 Å². The average molecular weight is 457 g/mol. The van der Waals surface area contributed by atoms with Crippen LogP contribution in [0.1, 0.15) is 18.5 Å². The van der Waals surface area contributed by atoms with Crippen LogP contribution in [0, 0.1) is 0 Å². The zero-order valence-electron chi connectivity index (χ0n) is 17.4. The Morgan fingerprint density at radius 2 is 1.63 bits per heavy atom. The molecule has 1 N–H and O–H groups in total. The standard InChI is InChI=1S/C20H25ClN2O6S/c1-13(14-6-8-18(28-3)19(10-14)29-4)22-20(24)12-23(30(5,25)26)16-11-15(21)7-9-17(16)27-2/h6-11,13H,12H2,1-5H3,(H,22,24)/t13-/m1/s1. The summed E-state index contributed by atoms with van der Waals surface area (Å²) in [5.74, 6) is 0.879. The van der Waals surface area contributed by atoms with Gasteiger partial charge in [-0.25, -0.2) is 8.42 Å². The second-order valence-corrected chi connectivity index (χ2v) is 8.83. The predicted molar refractivity (Wildman–Crippen MR) is 116 cm³/mol. The molecule has 1 atom stereocenters. The summed E-state index contributed by atoms with van der Waals surface area (Å²) < 4.78 is 41.4. The number of nitrogens with one attached hydrogen (secondary N) is 1. The van der Waals surface area contributed by atoms with Crippen LogP contribution >= 0.6 is 11.6 Å². The van der Waals surface area contributed by atoms with E-state index >= 15 is 0 Å². The lowest BCUT2D eigenvalue weighted by Crippen LogP contribution is -2.41. The first-order valence-electron chi connectivity index (χ1n) is 8.93. The van der Waals surface area contributed by atoms with Gasteiger partial charge in [0.2, 0.25) is 15.9 Å². The van der Waals surface area contributed by atoms with E-state index in [1.807, 2.05) is 0 Å². The zero-order valence-corrected chi connectivity index (χ0v) is 19.0. The largest absolute Gasteiger partial charge is 0.495 e. The highest BCUT2D eigenvalue weighted by molar-refractivity contribution is 7.92. The number of methoxy groups -OCH3 is 3. The number of amides is 1. The number of benzene rings is 2. The fourth-order valence-corrected chi connectivity index (χ4v) is 3.88. The third-order valence-electron chi connectivity index (χ3n) is 4.38. The van der Waals surface area contributed by atoms with Crippen molar-refractivity contribution in [1.82, 2.24) is 5.32 Å². The molecule has 0 fully saturated rings. The number of anilines is 1. The number of hydrogen-bond acceptors (Lipinski definition) is 6. The highest BCUT2D eigenvalue weighted by Gasteiger charge is 2.25. The Morgan fingerprint density at radius 1 is 1.03 bits per heavy atom. The van der Waals surface area contributed by atoms with Gasteiger partial charge in [0, 0.05) is 5.02 Å². The predicted octanol–water partition coefficient (Wildman–Crippen LogP) is 3.01. The van der Waals surface area contributed by atoms with E-state index in [1.54, 1.807) is 37.3 Å². The lowest BCUT2D eigenvalue weighted by Gasteiger charge is -2.25. The molecule has 0 aliphatic carbocycles. The molecule has 1 amide bonds. The maximum atomic E-state index is 12.7. The van der Waals surface area contributed by atoms with E-state index in [0.717, 1.165) is 16.1 Å². The van der Waals surface area contributed by atoms with E-state index in [-0.39, 0.29) is 11.4 Å². The van der Waals surface area contributed by atoms with E-state index in [9.17, 15) is 13.2 Å². The molecular formula is C20H25ClN2O6S. The van der Waals surface area contributed by atoms with Crippen LogP contribution in [0.25, 0.3) is 0 Å². The highest BCUT2D eigenvalue weighted by Crippen LogP contribution is 2.33. The average Bonchev–Trinajstić information content (AvgIpc) is 2.70. The fraction of sp³-hybridized carbons (Fsp3) is 0.350. The zero-order chi connectivity index (χ0) is 22.5. The Bertz CT molecular complexity index is 1010. The molecule has 164 valence electrons. The van der Waals surface area contributed by atoms with Gasteiger partial charge in [0.1, 0.15) is 12.3 Å². The molecule has 0 unspecified atom stereocenters. The molecule has 2 aromatic carbocycles. The van der Waals surface area contributed by atoms with Gasteiger partial charge in [0.05, 0.1) is 39.3 Å². The lowest BCUT2D eigenvalue weighted by molar-refractivity contribution is -0.120. The molecule has 0 aromatic heterocycles. The van der Waals surface area contributed by atoms with Gasteiger partial charge in [-0.3, -0.25) is 9.10 Å². The molecule has 0 saturated heterocycles. The van der Waals surface area contributed by atoms with Gasteiger partial charge in [-0.05, 0) is 42.8 Å². The summed E-state index contributed by atoms with van der Waals surface area (Å²) in [6.45, 7) is 1.34. The normalized spacial score (nSPS) is 12.1. The van der Waals surface area contributed by atoms with Crippen molar-refractivity contribution < 1.29 is 27.4 Å². The quantitative estimate of drug-likeness (QED) is 0.623. The van der Waals surface area contributed by atoms with Gasteiger partial charge < -0.3 is 19.5 Å². The summed E-state index contributed by atoms with van der Waals surface area (Å²) in [4.78, 5) is 12.7. The molecule has 2 aromatic rings. The molecule has 0 radical (unpaired) electrons. The van der Waals surface area contributed by atoms with Crippen LogP contribution in [0.3, 0.4) is 0 Å². The van der Waals surface area contributed by atoms with Gasteiger partial charge >= 0.3 is 0 Å². The summed E-state index contributed by atoms with van der Waals surface area (Å²) in [7, 11) is 0.679. The third kappa shape index (κ3) is 5.70. The van der Waals surface area contributed by atoms with Gasteiger partial charge in [-0.2, -0.15) is 0 Å². The summed E-state index contributed by atoms with van der Waals surface area (Å²) >= 11 is 6.02. The van der Waals surface area contributed by atoms with E-state index < -0.39 is 28.5 Å². The number of ether oxygens (including phenoxy) is 3. The first-order chi connectivity index (χ1) is 14.1. The number of halogens is 1. The summed E-state index contributed by atoms with van der Waals surface area (Å²) in [6.07, 6.45) is 1.01. The van der Waals surface area contributed by atoms with Crippen molar-refractivity contribution >= 4 is 33.2 Å². The lowest BCUT2D eigenvalue weighted by atomic mass is 10.1. The van der Waals surface area contributed by atoms with Crippen molar-refractivity contribution in [1.29, 1.82) is 0 Å². The van der Waals surface area contributed by atoms with Crippen LogP contribution in [0.5, 0.6) is 17.2 Å². The number of hydrogen-bond donors (Lipinski definition) is 1. The smallest absolute Gasteiger partial charge is 0.241 e. The minimum absolute atomic E-state index is 0.182. The first kappa shape index (κ1) is 23.6. The number of carbonyl (C=O) groups is 1. The van der Waals surface area contributed by atoms with E-state index in [4.69, 9.17) is 25.8 Å². The molecule has 8 nitrogen and oxygen atoms in total.